The van der Waals surface area contributed by atoms with Crippen LogP contribution in [0.4, 0.5) is 0 Å². The molecule has 2 rings (SSSR count). The summed E-state index contributed by atoms with van der Waals surface area (Å²) in [5.74, 6) is 0.777. The average molecular weight is 193 g/mol. The molecule has 0 amide bonds. The van der Waals surface area contributed by atoms with Gasteiger partial charge in [-0.25, -0.2) is 0 Å². The van der Waals surface area contributed by atoms with Crippen LogP contribution in [0.5, 0.6) is 5.75 Å². The van der Waals surface area contributed by atoms with Crippen molar-refractivity contribution in [1.82, 2.24) is 5.32 Å². The second-order valence-electron chi connectivity index (χ2n) is 3.52. The van der Waals surface area contributed by atoms with Gasteiger partial charge in [-0.15, -0.1) is 0 Å². The number of aliphatic hydroxyl groups is 1. The number of hydrogen-bond acceptors (Lipinski definition) is 3. The molecule has 76 valence electrons. The summed E-state index contributed by atoms with van der Waals surface area (Å²) in [6.45, 7) is 1.12. The van der Waals surface area contributed by atoms with Crippen molar-refractivity contribution in [3.63, 3.8) is 0 Å². The van der Waals surface area contributed by atoms with Gasteiger partial charge in [0.2, 0.25) is 0 Å². The molecule has 2 N–H and O–H groups in total. The smallest absolute Gasteiger partial charge is 0.124 e. The summed E-state index contributed by atoms with van der Waals surface area (Å²) in [5, 5.41) is 12.4. The van der Waals surface area contributed by atoms with Gasteiger partial charge in [0.15, 0.2) is 0 Å². The molecule has 0 radical (unpaired) electrons. The standard InChI is InChI=1S/C11H15NO2/c1-14-11-6-8(10-4-5-12-10)2-3-9(11)7-13/h2-3,6,10,12-13H,4-5,7H2,1H3/t10-/m0/s1. The van der Waals surface area contributed by atoms with Gasteiger partial charge in [0.1, 0.15) is 5.75 Å². The van der Waals surface area contributed by atoms with Crippen molar-refractivity contribution < 1.29 is 9.84 Å². The molecule has 1 atom stereocenters. The lowest BCUT2D eigenvalue weighted by Crippen LogP contribution is -2.34. The van der Waals surface area contributed by atoms with Crippen molar-refractivity contribution in [3.8, 4) is 5.75 Å². The number of ether oxygens (including phenoxy) is 1. The Balaban J connectivity index is 2.26. The first-order valence-electron chi connectivity index (χ1n) is 4.86. The van der Waals surface area contributed by atoms with Crippen LogP contribution < -0.4 is 10.1 Å². The summed E-state index contributed by atoms with van der Waals surface area (Å²) >= 11 is 0. The van der Waals surface area contributed by atoms with Gasteiger partial charge in [-0.2, -0.15) is 0 Å². The lowest BCUT2D eigenvalue weighted by Gasteiger charge is -2.28. The summed E-state index contributed by atoms with van der Waals surface area (Å²) in [6, 6.07) is 6.44. The molecule has 1 aromatic rings. The lowest BCUT2D eigenvalue weighted by molar-refractivity contribution is 0.273. The third-order valence-electron chi connectivity index (χ3n) is 2.71. The topological polar surface area (TPSA) is 41.5 Å². The summed E-state index contributed by atoms with van der Waals surface area (Å²) in [5.41, 5.74) is 2.08. The predicted molar refractivity (Wildman–Crippen MR) is 54.3 cm³/mol. The van der Waals surface area contributed by atoms with Crippen LogP contribution in [-0.2, 0) is 6.61 Å². The summed E-state index contributed by atoms with van der Waals surface area (Å²) in [7, 11) is 1.63. The van der Waals surface area contributed by atoms with Crippen LogP contribution in [0, 0.1) is 0 Å². The number of rotatable bonds is 3. The second-order valence-corrected chi connectivity index (χ2v) is 3.52. The Morgan fingerprint density at radius 1 is 1.57 bits per heavy atom. The van der Waals surface area contributed by atoms with Crippen molar-refractivity contribution >= 4 is 0 Å². The first kappa shape index (κ1) is 9.49. The van der Waals surface area contributed by atoms with Gasteiger partial charge in [0.25, 0.3) is 0 Å². The highest BCUT2D eigenvalue weighted by atomic mass is 16.5. The highest BCUT2D eigenvalue weighted by molar-refractivity contribution is 5.38. The fourth-order valence-electron chi connectivity index (χ4n) is 1.68. The van der Waals surface area contributed by atoms with Gasteiger partial charge in [0.05, 0.1) is 13.7 Å². The van der Waals surface area contributed by atoms with E-state index >= 15 is 0 Å². The van der Waals surface area contributed by atoms with E-state index in [4.69, 9.17) is 9.84 Å². The number of methoxy groups -OCH3 is 1. The molecule has 0 saturated carbocycles. The van der Waals surface area contributed by atoms with Crippen molar-refractivity contribution in [2.75, 3.05) is 13.7 Å². The van der Waals surface area contributed by atoms with Gasteiger partial charge in [-0.1, -0.05) is 12.1 Å². The largest absolute Gasteiger partial charge is 0.496 e. The Hall–Kier alpha value is -1.06. The summed E-state index contributed by atoms with van der Waals surface area (Å²) in [4.78, 5) is 0. The van der Waals surface area contributed by atoms with Crippen molar-refractivity contribution in [2.45, 2.75) is 19.1 Å². The zero-order valence-corrected chi connectivity index (χ0v) is 8.29. The molecule has 1 aromatic carbocycles. The minimum absolute atomic E-state index is 0.0293. The van der Waals surface area contributed by atoms with Crippen molar-refractivity contribution in [2.24, 2.45) is 0 Å². The molecule has 1 aliphatic heterocycles. The molecule has 0 aliphatic carbocycles. The van der Waals surface area contributed by atoms with E-state index in [2.05, 4.69) is 5.32 Å². The zero-order chi connectivity index (χ0) is 9.97. The van der Waals surface area contributed by atoms with E-state index in [0.29, 0.717) is 6.04 Å². The minimum atomic E-state index is 0.0293. The van der Waals surface area contributed by atoms with Gasteiger partial charge >= 0.3 is 0 Å². The minimum Gasteiger partial charge on any atom is -0.496 e. The van der Waals surface area contributed by atoms with Gasteiger partial charge in [0, 0.05) is 11.6 Å². The normalized spacial score (nSPS) is 20.3. The molecule has 1 aliphatic rings. The molecule has 0 bridgehead atoms. The molecule has 3 heteroatoms. The third-order valence-corrected chi connectivity index (χ3v) is 2.71. The highest BCUT2D eigenvalue weighted by Gasteiger charge is 2.19. The van der Waals surface area contributed by atoms with E-state index in [-0.39, 0.29) is 6.61 Å². The molecular weight excluding hydrogens is 178 g/mol. The lowest BCUT2D eigenvalue weighted by atomic mass is 9.96. The summed E-state index contributed by atoms with van der Waals surface area (Å²) < 4.78 is 5.21. The quantitative estimate of drug-likeness (QED) is 0.758. The van der Waals surface area contributed by atoms with E-state index in [1.165, 1.54) is 12.0 Å². The van der Waals surface area contributed by atoms with Gasteiger partial charge < -0.3 is 15.2 Å². The Bertz CT molecular complexity index is 321. The first-order chi connectivity index (χ1) is 6.85. The maximum Gasteiger partial charge on any atom is 0.124 e. The molecular formula is C11H15NO2. The maximum atomic E-state index is 9.05. The monoisotopic (exact) mass is 193 g/mol. The van der Waals surface area contributed by atoms with E-state index in [1.807, 2.05) is 18.2 Å². The Kier molecular flexibility index (Phi) is 2.70. The van der Waals surface area contributed by atoms with Crippen LogP contribution in [0.25, 0.3) is 0 Å². The maximum absolute atomic E-state index is 9.05. The Morgan fingerprint density at radius 3 is 2.86 bits per heavy atom. The van der Waals surface area contributed by atoms with Crippen LogP contribution in [-0.4, -0.2) is 18.8 Å². The fourth-order valence-corrected chi connectivity index (χ4v) is 1.68. The molecule has 14 heavy (non-hydrogen) atoms. The summed E-state index contributed by atoms with van der Waals surface area (Å²) in [6.07, 6.45) is 1.18. The van der Waals surface area contributed by atoms with Crippen LogP contribution in [0.15, 0.2) is 18.2 Å². The number of aliphatic hydroxyl groups excluding tert-OH is 1. The molecule has 1 heterocycles. The first-order valence-corrected chi connectivity index (χ1v) is 4.86. The number of benzene rings is 1. The van der Waals surface area contributed by atoms with E-state index in [1.54, 1.807) is 7.11 Å². The Labute approximate surface area is 83.7 Å². The third kappa shape index (κ3) is 1.61. The molecule has 0 spiro atoms. The molecule has 0 aromatic heterocycles. The SMILES string of the molecule is COc1cc([C@@H]2CCN2)ccc1CO. The second kappa shape index (κ2) is 3.98. The highest BCUT2D eigenvalue weighted by Crippen LogP contribution is 2.28. The number of hydrogen-bond donors (Lipinski definition) is 2. The molecule has 3 nitrogen and oxygen atoms in total. The average Bonchev–Trinajstić information content (AvgIpc) is 2.15. The van der Waals surface area contributed by atoms with Gasteiger partial charge in [-0.05, 0) is 24.6 Å². The molecule has 0 unspecified atom stereocenters. The van der Waals surface area contributed by atoms with E-state index in [0.717, 1.165) is 17.9 Å². The van der Waals surface area contributed by atoms with Gasteiger partial charge in [-0.3, -0.25) is 0 Å². The van der Waals surface area contributed by atoms with Crippen LogP contribution in [0.1, 0.15) is 23.6 Å². The van der Waals surface area contributed by atoms with Crippen molar-refractivity contribution in [1.29, 1.82) is 0 Å². The number of nitrogens with one attached hydrogen (secondary N) is 1. The zero-order valence-electron chi connectivity index (χ0n) is 8.29. The predicted octanol–water partition coefficient (Wildman–Crippen LogP) is 1.22. The van der Waals surface area contributed by atoms with Crippen molar-refractivity contribution in [3.05, 3.63) is 29.3 Å². The molecule has 1 fully saturated rings. The fraction of sp³-hybridized carbons (Fsp3) is 0.455. The molecule has 1 saturated heterocycles. The Morgan fingerprint density at radius 2 is 2.36 bits per heavy atom. The van der Waals surface area contributed by atoms with E-state index < -0.39 is 0 Å². The van der Waals surface area contributed by atoms with Crippen LogP contribution >= 0.6 is 0 Å². The van der Waals surface area contributed by atoms with Crippen LogP contribution in [0.2, 0.25) is 0 Å². The van der Waals surface area contributed by atoms with Crippen LogP contribution in [0.3, 0.4) is 0 Å². The van der Waals surface area contributed by atoms with E-state index in [9.17, 15) is 0 Å².